The van der Waals surface area contributed by atoms with Crippen molar-refractivity contribution in [3.05, 3.63) is 68.6 Å². The number of methoxy groups -OCH3 is 1. The SMILES string of the molecule is COc1c(C(=O)Nc2cccc(Cl)c2Cl)cc2ccccc2c1Br. The van der Waals surface area contributed by atoms with Crippen molar-refractivity contribution >= 4 is 61.5 Å². The Labute approximate surface area is 157 Å². The molecule has 122 valence electrons. The highest BCUT2D eigenvalue weighted by atomic mass is 79.9. The predicted octanol–water partition coefficient (Wildman–Crippen LogP) is 6.17. The number of halogens is 3. The van der Waals surface area contributed by atoms with Gasteiger partial charge in [0, 0.05) is 0 Å². The molecule has 0 unspecified atom stereocenters. The molecule has 1 N–H and O–H groups in total. The zero-order valence-corrected chi connectivity index (χ0v) is 15.7. The summed E-state index contributed by atoms with van der Waals surface area (Å²) in [5.41, 5.74) is 0.847. The number of ether oxygens (including phenoxy) is 1. The van der Waals surface area contributed by atoms with Crippen molar-refractivity contribution in [2.24, 2.45) is 0 Å². The van der Waals surface area contributed by atoms with Crippen LogP contribution in [-0.4, -0.2) is 13.0 Å². The second kappa shape index (κ2) is 7.01. The van der Waals surface area contributed by atoms with E-state index in [0.29, 0.717) is 27.0 Å². The molecule has 3 aromatic rings. The molecule has 24 heavy (non-hydrogen) atoms. The molecule has 0 aliphatic rings. The fourth-order valence-electron chi connectivity index (χ4n) is 2.44. The fourth-order valence-corrected chi connectivity index (χ4v) is 3.53. The molecule has 0 saturated heterocycles. The molecule has 0 heterocycles. The number of benzene rings is 3. The molecule has 0 spiro atoms. The lowest BCUT2D eigenvalue weighted by Crippen LogP contribution is -2.14. The Morgan fingerprint density at radius 1 is 1.12 bits per heavy atom. The number of anilines is 1. The van der Waals surface area contributed by atoms with E-state index >= 15 is 0 Å². The van der Waals surface area contributed by atoms with Gasteiger partial charge >= 0.3 is 0 Å². The van der Waals surface area contributed by atoms with Crippen LogP contribution in [0, 0.1) is 0 Å². The second-order valence-corrected chi connectivity index (χ2v) is 6.63. The summed E-state index contributed by atoms with van der Waals surface area (Å²) >= 11 is 15.6. The third-order valence-electron chi connectivity index (χ3n) is 3.59. The van der Waals surface area contributed by atoms with Crippen molar-refractivity contribution in [3.63, 3.8) is 0 Å². The molecule has 3 nitrogen and oxygen atoms in total. The maximum atomic E-state index is 12.7. The number of carbonyl (C=O) groups is 1. The highest BCUT2D eigenvalue weighted by molar-refractivity contribution is 9.10. The van der Waals surface area contributed by atoms with Crippen LogP contribution in [0.25, 0.3) is 10.8 Å². The molecule has 3 rings (SSSR count). The lowest BCUT2D eigenvalue weighted by atomic mass is 10.1. The van der Waals surface area contributed by atoms with Gasteiger partial charge in [-0.25, -0.2) is 0 Å². The third kappa shape index (κ3) is 3.09. The summed E-state index contributed by atoms with van der Waals surface area (Å²) < 4.78 is 6.16. The summed E-state index contributed by atoms with van der Waals surface area (Å²) in [5.74, 6) is 0.131. The van der Waals surface area contributed by atoms with E-state index in [-0.39, 0.29) is 5.91 Å². The van der Waals surface area contributed by atoms with Crippen LogP contribution in [0.3, 0.4) is 0 Å². The first kappa shape index (κ1) is 17.1. The van der Waals surface area contributed by atoms with E-state index in [9.17, 15) is 4.79 Å². The van der Waals surface area contributed by atoms with E-state index in [1.54, 1.807) is 24.3 Å². The first-order valence-electron chi connectivity index (χ1n) is 7.03. The molecule has 0 bridgehead atoms. The maximum Gasteiger partial charge on any atom is 0.259 e. The zero-order chi connectivity index (χ0) is 17.3. The first-order valence-corrected chi connectivity index (χ1v) is 8.58. The lowest BCUT2D eigenvalue weighted by Gasteiger charge is -2.14. The average molecular weight is 425 g/mol. The smallest absolute Gasteiger partial charge is 0.259 e. The van der Waals surface area contributed by atoms with Crippen molar-refractivity contribution in [2.45, 2.75) is 0 Å². The van der Waals surface area contributed by atoms with Crippen molar-refractivity contribution in [3.8, 4) is 5.75 Å². The van der Waals surface area contributed by atoms with E-state index in [1.165, 1.54) is 7.11 Å². The molecule has 3 aromatic carbocycles. The minimum Gasteiger partial charge on any atom is -0.495 e. The van der Waals surface area contributed by atoms with Gasteiger partial charge in [-0.1, -0.05) is 53.5 Å². The highest BCUT2D eigenvalue weighted by Gasteiger charge is 2.19. The second-order valence-electron chi connectivity index (χ2n) is 5.05. The molecule has 0 atom stereocenters. The number of carbonyl (C=O) groups excluding carboxylic acids is 1. The summed E-state index contributed by atoms with van der Waals surface area (Å²) in [4.78, 5) is 12.7. The third-order valence-corrected chi connectivity index (χ3v) is 5.20. The van der Waals surface area contributed by atoms with Gasteiger partial charge in [-0.15, -0.1) is 0 Å². The molecular weight excluding hydrogens is 413 g/mol. The van der Waals surface area contributed by atoms with Gasteiger partial charge < -0.3 is 10.1 Å². The Morgan fingerprint density at radius 2 is 1.88 bits per heavy atom. The number of rotatable bonds is 3. The molecule has 0 aliphatic carbocycles. The molecule has 0 aromatic heterocycles. The minimum atomic E-state index is -0.331. The van der Waals surface area contributed by atoms with Gasteiger partial charge in [-0.3, -0.25) is 4.79 Å². The fraction of sp³-hybridized carbons (Fsp3) is 0.0556. The van der Waals surface area contributed by atoms with Gasteiger partial charge in [0.1, 0.15) is 5.75 Å². The largest absolute Gasteiger partial charge is 0.495 e. The van der Waals surface area contributed by atoms with Crippen LogP contribution in [0.2, 0.25) is 10.0 Å². The molecular formula is C18H12BrCl2NO2. The Bertz CT molecular complexity index is 944. The van der Waals surface area contributed by atoms with Crippen molar-refractivity contribution < 1.29 is 9.53 Å². The molecule has 0 fully saturated rings. The summed E-state index contributed by atoms with van der Waals surface area (Å²) in [7, 11) is 1.53. The van der Waals surface area contributed by atoms with Crippen LogP contribution in [0.5, 0.6) is 5.75 Å². The Kier molecular flexibility index (Phi) is 4.99. The van der Waals surface area contributed by atoms with Gasteiger partial charge in [0.05, 0.1) is 32.9 Å². The highest BCUT2D eigenvalue weighted by Crippen LogP contribution is 2.37. The van der Waals surface area contributed by atoms with Crippen LogP contribution in [-0.2, 0) is 0 Å². The first-order chi connectivity index (χ1) is 11.5. The summed E-state index contributed by atoms with van der Waals surface area (Å²) in [5, 5.41) is 5.34. The lowest BCUT2D eigenvalue weighted by molar-refractivity contribution is 0.102. The van der Waals surface area contributed by atoms with Gasteiger partial charge in [-0.2, -0.15) is 0 Å². The molecule has 0 saturated carbocycles. The van der Waals surface area contributed by atoms with Gasteiger partial charge in [0.15, 0.2) is 0 Å². The van der Waals surface area contributed by atoms with Gasteiger partial charge in [-0.05, 0) is 44.9 Å². The zero-order valence-electron chi connectivity index (χ0n) is 12.6. The quantitative estimate of drug-likeness (QED) is 0.545. The average Bonchev–Trinajstić information content (AvgIpc) is 2.59. The van der Waals surface area contributed by atoms with Crippen LogP contribution in [0.4, 0.5) is 5.69 Å². The number of hydrogen-bond acceptors (Lipinski definition) is 2. The molecule has 0 radical (unpaired) electrons. The minimum absolute atomic E-state index is 0.298. The standard InChI is InChI=1S/C18H12BrCl2NO2/c1-24-17-12(9-10-5-2-3-6-11(10)15(17)19)18(23)22-14-8-4-7-13(20)16(14)21/h2-9H,1H3,(H,22,23). The Balaban J connectivity index is 2.08. The maximum absolute atomic E-state index is 12.7. The molecule has 0 aliphatic heterocycles. The van der Waals surface area contributed by atoms with E-state index < -0.39 is 0 Å². The number of hydrogen-bond donors (Lipinski definition) is 1. The predicted molar refractivity (Wildman–Crippen MR) is 103 cm³/mol. The summed E-state index contributed by atoms with van der Waals surface area (Å²) in [6.07, 6.45) is 0. The molecule has 1 amide bonds. The van der Waals surface area contributed by atoms with Crippen LogP contribution in [0.1, 0.15) is 10.4 Å². The Hall–Kier alpha value is -1.75. The van der Waals surface area contributed by atoms with Crippen LogP contribution in [0.15, 0.2) is 53.0 Å². The number of fused-ring (bicyclic) bond motifs is 1. The van der Waals surface area contributed by atoms with E-state index in [4.69, 9.17) is 27.9 Å². The van der Waals surface area contributed by atoms with Crippen LogP contribution >= 0.6 is 39.1 Å². The Morgan fingerprint density at radius 3 is 2.62 bits per heavy atom. The topological polar surface area (TPSA) is 38.3 Å². The normalized spacial score (nSPS) is 10.7. The van der Waals surface area contributed by atoms with Crippen LogP contribution < -0.4 is 10.1 Å². The summed E-state index contributed by atoms with van der Waals surface area (Å²) in [6.45, 7) is 0. The van der Waals surface area contributed by atoms with E-state index in [1.807, 2.05) is 24.3 Å². The van der Waals surface area contributed by atoms with Gasteiger partial charge in [0.2, 0.25) is 0 Å². The monoisotopic (exact) mass is 423 g/mol. The van der Waals surface area contributed by atoms with Gasteiger partial charge in [0.25, 0.3) is 5.91 Å². The number of nitrogens with one attached hydrogen (secondary N) is 1. The number of amides is 1. The van der Waals surface area contributed by atoms with E-state index in [2.05, 4.69) is 21.2 Å². The molecule has 6 heteroatoms. The summed E-state index contributed by atoms with van der Waals surface area (Å²) in [6, 6.07) is 14.6. The van der Waals surface area contributed by atoms with Crippen molar-refractivity contribution in [1.82, 2.24) is 0 Å². The van der Waals surface area contributed by atoms with Crippen molar-refractivity contribution in [1.29, 1.82) is 0 Å². The van der Waals surface area contributed by atoms with E-state index in [0.717, 1.165) is 15.2 Å². The van der Waals surface area contributed by atoms with Crippen molar-refractivity contribution in [2.75, 3.05) is 12.4 Å².